The average Bonchev–Trinajstić information content (AvgIpc) is 2.78. The number of pyridine rings is 1. The topological polar surface area (TPSA) is 80.4 Å². The van der Waals surface area contributed by atoms with E-state index in [0.29, 0.717) is 5.69 Å². The Morgan fingerprint density at radius 2 is 1.75 bits per heavy atom. The molecule has 1 aromatic heterocycles. The van der Waals surface area contributed by atoms with Crippen LogP contribution in [0.4, 0.5) is 11.4 Å². The lowest BCUT2D eigenvalue weighted by atomic mass is 9.94. The predicted molar refractivity (Wildman–Crippen MR) is 140 cm³/mol. The fraction of sp³-hybridized carbons (Fsp3) is 0.160. The lowest BCUT2D eigenvalue weighted by molar-refractivity contribution is 0.102. The van der Waals surface area contributed by atoms with Crippen molar-refractivity contribution in [2.24, 2.45) is 10.7 Å². The summed E-state index contributed by atoms with van der Waals surface area (Å²) in [4.78, 5) is 21.7. The number of nitrogens with two attached hydrogens (primary N) is 1. The van der Waals surface area contributed by atoms with Crippen molar-refractivity contribution in [1.82, 2.24) is 4.98 Å². The number of hydrogen-bond donors (Lipinski definition) is 2. The fourth-order valence-electron chi connectivity index (χ4n) is 3.30. The van der Waals surface area contributed by atoms with Gasteiger partial charge in [0.05, 0.1) is 15.9 Å². The van der Waals surface area contributed by atoms with Gasteiger partial charge in [0.2, 0.25) is 0 Å². The SMILES string of the molecule is CC(=Nc1cccc(-c2cccc(NC(=O)c3cc(C)c(Br)cn3)c2C)c1C)C(Br)=CN. The van der Waals surface area contributed by atoms with E-state index >= 15 is 0 Å². The molecule has 0 saturated heterocycles. The van der Waals surface area contributed by atoms with Crippen LogP contribution in [0.25, 0.3) is 11.1 Å². The largest absolute Gasteiger partial charge is 0.404 e. The number of aryl methyl sites for hydroxylation is 1. The van der Waals surface area contributed by atoms with E-state index in [9.17, 15) is 4.79 Å². The van der Waals surface area contributed by atoms with Crippen LogP contribution >= 0.6 is 31.9 Å². The van der Waals surface area contributed by atoms with Gasteiger partial charge in [0.15, 0.2) is 0 Å². The summed E-state index contributed by atoms with van der Waals surface area (Å²) in [6.07, 6.45) is 3.12. The number of allylic oxidation sites excluding steroid dienone is 1. The van der Waals surface area contributed by atoms with Crippen LogP contribution in [-0.2, 0) is 0 Å². The first-order valence-corrected chi connectivity index (χ1v) is 11.6. The van der Waals surface area contributed by atoms with Crippen LogP contribution in [0.15, 0.2) is 68.8 Å². The Balaban J connectivity index is 1.98. The van der Waals surface area contributed by atoms with Crippen LogP contribution in [0, 0.1) is 20.8 Å². The number of aliphatic imine (C=N–C) groups is 1. The normalized spacial score (nSPS) is 12.1. The zero-order valence-corrected chi connectivity index (χ0v) is 21.5. The molecule has 2 aromatic carbocycles. The highest BCUT2D eigenvalue weighted by Gasteiger charge is 2.14. The molecule has 3 rings (SSSR count). The summed E-state index contributed by atoms with van der Waals surface area (Å²) in [5.41, 5.74) is 13.4. The van der Waals surface area contributed by atoms with E-state index in [0.717, 1.165) is 53.9 Å². The third-order valence-corrected chi connectivity index (χ3v) is 6.91. The van der Waals surface area contributed by atoms with Crippen molar-refractivity contribution in [3.8, 4) is 11.1 Å². The molecule has 5 nitrogen and oxygen atoms in total. The molecule has 7 heteroatoms. The summed E-state index contributed by atoms with van der Waals surface area (Å²) < 4.78 is 1.62. The van der Waals surface area contributed by atoms with Gasteiger partial charge in [0.1, 0.15) is 5.69 Å². The summed E-state index contributed by atoms with van der Waals surface area (Å²) in [5, 5.41) is 3.00. The van der Waals surface area contributed by atoms with E-state index in [-0.39, 0.29) is 5.91 Å². The Labute approximate surface area is 205 Å². The molecule has 0 aliphatic rings. The minimum Gasteiger partial charge on any atom is -0.404 e. The quantitative estimate of drug-likeness (QED) is 0.333. The minimum absolute atomic E-state index is 0.245. The molecule has 0 bridgehead atoms. The van der Waals surface area contributed by atoms with Crippen LogP contribution in [0.1, 0.15) is 34.1 Å². The number of halogens is 2. The molecule has 0 unspecified atom stereocenters. The van der Waals surface area contributed by atoms with Crippen molar-refractivity contribution in [2.45, 2.75) is 27.7 Å². The Kier molecular flexibility index (Phi) is 7.64. The molecular formula is C25H24Br2N4O. The third kappa shape index (κ3) is 5.16. The lowest BCUT2D eigenvalue weighted by Gasteiger charge is -2.15. The van der Waals surface area contributed by atoms with E-state index < -0.39 is 0 Å². The number of rotatable bonds is 5. The number of benzene rings is 2. The Morgan fingerprint density at radius 1 is 1.09 bits per heavy atom. The van der Waals surface area contributed by atoms with E-state index in [1.165, 1.54) is 6.20 Å². The van der Waals surface area contributed by atoms with Crippen LogP contribution in [-0.4, -0.2) is 16.6 Å². The van der Waals surface area contributed by atoms with Gasteiger partial charge in [-0.1, -0.05) is 24.3 Å². The summed E-state index contributed by atoms with van der Waals surface area (Å²) >= 11 is 6.83. The molecule has 0 saturated carbocycles. The number of hydrogen-bond acceptors (Lipinski definition) is 4. The molecule has 0 fully saturated rings. The first-order valence-electron chi connectivity index (χ1n) is 9.99. The first kappa shape index (κ1) is 23.9. The van der Waals surface area contributed by atoms with E-state index in [1.807, 2.05) is 58.0 Å². The van der Waals surface area contributed by atoms with Gasteiger partial charge >= 0.3 is 0 Å². The van der Waals surface area contributed by atoms with Crippen molar-refractivity contribution in [2.75, 3.05) is 5.32 Å². The minimum atomic E-state index is -0.245. The maximum atomic E-state index is 12.8. The molecule has 0 aliphatic heterocycles. The Morgan fingerprint density at radius 3 is 2.41 bits per heavy atom. The van der Waals surface area contributed by atoms with E-state index in [2.05, 4.69) is 48.2 Å². The molecule has 3 aromatic rings. The number of nitrogens with zero attached hydrogens (tertiary/aromatic N) is 2. The maximum Gasteiger partial charge on any atom is 0.274 e. The monoisotopic (exact) mass is 554 g/mol. The number of nitrogens with one attached hydrogen (secondary N) is 1. The second-order valence-corrected chi connectivity index (χ2v) is 9.12. The smallest absolute Gasteiger partial charge is 0.274 e. The Bertz CT molecular complexity index is 1250. The molecule has 0 radical (unpaired) electrons. The molecule has 1 amide bonds. The summed E-state index contributed by atoms with van der Waals surface area (Å²) in [6.45, 7) is 7.87. The summed E-state index contributed by atoms with van der Waals surface area (Å²) in [6, 6.07) is 13.7. The molecule has 0 aliphatic carbocycles. The van der Waals surface area contributed by atoms with Crippen molar-refractivity contribution in [3.63, 3.8) is 0 Å². The van der Waals surface area contributed by atoms with Gasteiger partial charge in [-0.05, 0) is 106 Å². The van der Waals surface area contributed by atoms with Gasteiger partial charge < -0.3 is 11.1 Å². The lowest BCUT2D eigenvalue weighted by Crippen LogP contribution is -2.15. The number of amides is 1. The van der Waals surface area contributed by atoms with E-state index in [4.69, 9.17) is 10.7 Å². The van der Waals surface area contributed by atoms with Gasteiger partial charge in [0, 0.05) is 22.6 Å². The van der Waals surface area contributed by atoms with Gasteiger partial charge in [-0.2, -0.15) is 0 Å². The van der Waals surface area contributed by atoms with Crippen molar-refractivity contribution < 1.29 is 4.79 Å². The second-order valence-electron chi connectivity index (χ2n) is 7.41. The molecule has 164 valence electrons. The zero-order valence-electron chi connectivity index (χ0n) is 18.3. The highest BCUT2D eigenvalue weighted by Crippen LogP contribution is 2.35. The highest BCUT2D eigenvalue weighted by molar-refractivity contribution is 9.12. The van der Waals surface area contributed by atoms with E-state index in [1.54, 1.807) is 12.3 Å². The van der Waals surface area contributed by atoms with Crippen LogP contribution in [0.5, 0.6) is 0 Å². The number of carbonyl (C=O) groups excluding carboxylic acids is 1. The Hall–Kier alpha value is -2.77. The zero-order chi connectivity index (χ0) is 23.4. The van der Waals surface area contributed by atoms with Crippen molar-refractivity contribution >= 4 is 54.9 Å². The summed E-state index contributed by atoms with van der Waals surface area (Å²) in [7, 11) is 0. The maximum absolute atomic E-state index is 12.8. The first-order chi connectivity index (χ1) is 15.2. The van der Waals surface area contributed by atoms with Gasteiger partial charge in [-0.3, -0.25) is 9.79 Å². The number of aromatic nitrogens is 1. The van der Waals surface area contributed by atoms with Gasteiger partial charge in [-0.15, -0.1) is 0 Å². The fourth-order valence-corrected chi connectivity index (χ4v) is 3.61. The molecule has 1 heterocycles. The van der Waals surface area contributed by atoms with Crippen LogP contribution in [0.2, 0.25) is 0 Å². The molecule has 0 spiro atoms. The standard InChI is InChI=1S/C25H24Br2N4O/c1-14-11-24(29-13-21(14)27)25(32)31-23-10-6-8-19(16(23)3)18-7-5-9-22(15(18)2)30-17(4)20(26)12-28/h5-13H,28H2,1-4H3,(H,31,32). The van der Waals surface area contributed by atoms with Crippen molar-refractivity contribution in [3.05, 3.63) is 86.2 Å². The van der Waals surface area contributed by atoms with Crippen LogP contribution in [0.3, 0.4) is 0 Å². The number of carbonyl (C=O) groups is 1. The number of anilines is 1. The highest BCUT2D eigenvalue weighted by atomic mass is 79.9. The third-order valence-electron chi connectivity index (χ3n) is 5.24. The molecule has 3 N–H and O–H groups in total. The van der Waals surface area contributed by atoms with Gasteiger partial charge in [-0.25, -0.2) is 4.98 Å². The van der Waals surface area contributed by atoms with Crippen molar-refractivity contribution in [1.29, 1.82) is 0 Å². The molecule has 0 atom stereocenters. The molecular weight excluding hydrogens is 532 g/mol. The summed E-state index contributed by atoms with van der Waals surface area (Å²) in [5.74, 6) is -0.245. The predicted octanol–water partition coefficient (Wildman–Crippen LogP) is 6.98. The molecule has 32 heavy (non-hydrogen) atoms. The second kappa shape index (κ2) is 10.2. The van der Waals surface area contributed by atoms with Crippen LogP contribution < -0.4 is 11.1 Å². The average molecular weight is 556 g/mol. The van der Waals surface area contributed by atoms with Gasteiger partial charge in [0.25, 0.3) is 5.91 Å².